The summed E-state index contributed by atoms with van der Waals surface area (Å²) in [7, 11) is 0. The molecule has 2 aromatic carbocycles. The molecule has 23 heavy (non-hydrogen) atoms. The number of halogens is 1. The van der Waals surface area contributed by atoms with E-state index in [0.717, 1.165) is 37.7 Å². The fraction of sp³-hybridized carbons (Fsp3) is 0.350. The number of amides is 1. The van der Waals surface area contributed by atoms with Gasteiger partial charge in [-0.25, -0.2) is 4.39 Å². The highest BCUT2D eigenvalue weighted by atomic mass is 19.1. The fourth-order valence-electron chi connectivity index (χ4n) is 3.55. The predicted molar refractivity (Wildman–Crippen MR) is 89.7 cm³/mol. The molecular formula is C20H22FNO. The number of benzene rings is 2. The molecule has 0 atom stereocenters. The number of nitrogens with one attached hydrogen (secondary N) is 1. The summed E-state index contributed by atoms with van der Waals surface area (Å²) >= 11 is 0. The molecular weight excluding hydrogens is 289 g/mol. The zero-order valence-corrected chi connectivity index (χ0v) is 13.2. The first kappa shape index (κ1) is 15.7. The number of hydrogen-bond acceptors (Lipinski definition) is 1. The van der Waals surface area contributed by atoms with Gasteiger partial charge in [-0.3, -0.25) is 4.79 Å². The van der Waals surface area contributed by atoms with Crippen molar-refractivity contribution in [2.45, 2.75) is 37.5 Å². The van der Waals surface area contributed by atoms with Crippen LogP contribution in [0, 0.1) is 5.82 Å². The molecule has 0 heterocycles. The van der Waals surface area contributed by atoms with Crippen molar-refractivity contribution in [2.24, 2.45) is 0 Å². The van der Waals surface area contributed by atoms with E-state index in [1.54, 1.807) is 6.07 Å². The van der Waals surface area contributed by atoms with Crippen LogP contribution in [-0.4, -0.2) is 12.5 Å². The summed E-state index contributed by atoms with van der Waals surface area (Å²) in [6, 6.07) is 16.6. The zero-order valence-electron chi connectivity index (χ0n) is 13.2. The summed E-state index contributed by atoms with van der Waals surface area (Å²) in [5.74, 6) is -0.234. The van der Waals surface area contributed by atoms with Gasteiger partial charge in [-0.2, -0.15) is 0 Å². The summed E-state index contributed by atoms with van der Waals surface area (Å²) < 4.78 is 13.6. The maximum Gasteiger partial charge on any atom is 0.230 e. The lowest BCUT2D eigenvalue weighted by atomic mass is 9.78. The molecule has 1 aliphatic rings. The van der Waals surface area contributed by atoms with Crippen LogP contribution in [0.1, 0.15) is 36.8 Å². The molecule has 3 heteroatoms. The molecule has 1 saturated carbocycles. The van der Waals surface area contributed by atoms with E-state index in [2.05, 4.69) is 17.4 Å². The first-order valence-corrected chi connectivity index (χ1v) is 8.29. The van der Waals surface area contributed by atoms with E-state index in [-0.39, 0.29) is 11.7 Å². The molecule has 120 valence electrons. The maximum atomic E-state index is 13.6. The van der Waals surface area contributed by atoms with Crippen molar-refractivity contribution < 1.29 is 9.18 Å². The summed E-state index contributed by atoms with van der Waals surface area (Å²) in [6.45, 7) is 0.611. The molecule has 1 amide bonds. The summed E-state index contributed by atoms with van der Waals surface area (Å²) in [6.07, 6.45) is 4.44. The van der Waals surface area contributed by atoms with Crippen molar-refractivity contribution in [3.8, 4) is 0 Å². The third-order valence-electron chi connectivity index (χ3n) is 4.81. The van der Waals surface area contributed by atoms with E-state index in [1.165, 1.54) is 17.7 Å². The van der Waals surface area contributed by atoms with Gasteiger partial charge in [0.25, 0.3) is 0 Å². The van der Waals surface area contributed by atoms with Gasteiger partial charge in [0.1, 0.15) is 5.82 Å². The Bertz CT molecular complexity index is 662. The third kappa shape index (κ3) is 3.44. The second-order valence-electron chi connectivity index (χ2n) is 6.29. The summed E-state index contributed by atoms with van der Waals surface area (Å²) in [4.78, 5) is 12.8. The molecule has 0 aromatic heterocycles. The van der Waals surface area contributed by atoms with Crippen molar-refractivity contribution >= 4 is 5.91 Å². The van der Waals surface area contributed by atoms with Gasteiger partial charge >= 0.3 is 0 Å². The van der Waals surface area contributed by atoms with Gasteiger partial charge in [0.2, 0.25) is 5.91 Å². The Morgan fingerprint density at radius 3 is 2.48 bits per heavy atom. The summed E-state index contributed by atoms with van der Waals surface area (Å²) in [5, 5.41) is 3.07. The van der Waals surface area contributed by atoms with Crippen molar-refractivity contribution in [3.63, 3.8) is 0 Å². The number of carbonyl (C=O) groups is 1. The van der Waals surface area contributed by atoms with E-state index >= 15 is 0 Å². The van der Waals surface area contributed by atoms with E-state index in [9.17, 15) is 9.18 Å². The van der Waals surface area contributed by atoms with Gasteiger partial charge in [0, 0.05) is 6.54 Å². The number of carbonyl (C=O) groups excluding carboxylic acids is 1. The minimum atomic E-state index is -0.557. The smallest absolute Gasteiger partial charge is 0.230 e. The van der Waals surface area contributed by atoms with Crippen molar-refractivity contribution in [1.29, 1.82) is 0 Å². The molecule has 0 aliphatic heterocycles. The SMILES string of the molecule is O=C(NCCc1ccccc1)C1(c2cccc(F)c2)CCCC1. The minimum Gasteiger partial charge on any atom is -0.355 e. The zero-order chi connectivity index (χ0) is 16.1. The maximum absolute atomic E-state index is 13.6. The van der Waals surface area contributed by atoms with Crippen molar-refractivity contribution in [1.82, 2.24) is 5.32 Å². The van der Waals surface area contributed by atoms with Crippen molar-refractivity contribution in [2.75, 3.05) is 6.54 Å². The first-order chi connectivity index (χ1) is 11.2. The van der Waals surface area contributed by atoms with Crippen LogP contribution in [0.4, 0.5) is 4.39 Å². The Kier molecular flexibility index (Phi) is 4.75. The fourth-order valence-corrected chi connectivity index (χ4v) is 3.55. The molecule has 3 rings (SSSR count). The minimum absolute atomic E-state index is 0.0385. The number of hydrogen-bond donors (Lipinski definition) is 1. The molecule has 1 N–H and O–H groups in total. The highest BCUT2D eigenvalue weighted by Crippen LogP contribution is 2.41. The lowest BCUT2D eigenvalue weighted by molar-refractivity contribution is -0.126. The monoisotopic (exact) mass is 311 g/mol. The first-order valence-electron chi connectivity index (χ1n) is 8.29. The highest BCUT2D eigenvalue weighted by molar-refractivity contribution is 5.88. The van der Waals surface area contributed by atoms with Crippen LogP contribution >= 0.6 is 0 Å². The molecule has 0 radical (unpaired) electrons. The molecule has 1 aliphatic carbocycles. The van der Waals surface area contributed by atoms with Crippen LogP contribution in [0.25, 0.3) is 0 Å². The van der Waals surface area contributed by atoms with Crippen LogP contribution in [0.3, 0.4) is 0 Å². The van der Waals surface area contributed by atoms with E-state index in [1.807, 2.05) is 24.3 Å². The van der Waals surface area contributed by atoms with Gasteiger partial charge in [0.05, 0.1) is 5.41 Å². The standard InChI is InChI=1S/C20H22FNO/c21-18-10-6-9-17(15-18)20(12-4-5-13-20)19(23)22-14-11-16-7-2-1-3-8-16/h1-3,6-10,15H,4-5,11-14H2,(H,22,23). The largest absolute Gasteiger partial charge is 0.355 e. The Balaban J connectivity index is 1.70. The Hall–Kier alpha value is -2.16. The molecule has 1 fully saturated rings. The van der Waals surface area contributed by atoms with E-state index in [4.69, 9.17) is 0 Å². The average Bonchev–Trinajstić information content (AvgIpc) is 3.07. The lowest BCUT2D eigenvalue weighted by Gasteiger charge is -2.28. The topological polar surface area (TPSA) is 29.1 Å². The Morgan fingerprint density at radius 1 is 1.04 bits per heavy atom. The molecule has 0 spiro atoms. The Labute approximate surface area is 136 Å². The van der Waals surface area contributed by atoms with Crippen LogP contribution in [0.5, 0.6) is 0 Å². The van der Waals surface area contributed by atoms with Crippen LogP contribution in [0.2, 0.25) is 0 Å². The highest BCUT2D eigenvalue weighted by Gasteiger charge is 2.42. The molecule has 0 unspecified atom stereocenters. The summed E-state index contributed by atoms with van der Waals surface area (Å²) in [5.41, 5.74) is 1.46. The van der Waals surface area contributed by atoms with Crippen molar-refractivity contribution in [3.05, 3.63) is 71.5 Å². The second kappa shape index (κ2) is 6.95. The van der Waals surface area contributed by atoms with Gasteiger partial charge < -0.3 is 5.32 Å². The second-order valence-corrected chi connectivity index (χ2v) is 6.29. The number of rotatable bonds is 5. The molecule has 2 nitrogen and oxygen atoms in total. The molecule has 0 bridgehead atoms. The molecule has 2 aromatic rings. The quantitative estimate of drug-likeness (QED) is 0.888. The molecule has 0 saturated heterocycles. The van der Waals surface area contributed by atoms with Gasteiger partial charge in [0.15, 0.2) is 0 Å². The van der Waals surface area contributed by atoms with E-state index in [0.29, 0.717) is 6.54 Å². The third-order valence-corrected chi connectivity index (χ3v) is 4.81. The van der Waals surface area contributed by atoms with Crippen LogP contribution in [0.15, 0.2) is 54.6 Å². The van der Waals surface area contributed by atoms with Gasteiger partial charge in [-0.15, -0.1) is 0 Å². The predicted octanol–water partition coefficient (Wildman–Crippen LogP) is 4.00. The lowest BCUT2D eigenvalue weighted by Crippen LogP contribution is -2.43. The van der Waals surface area contributed by atoms with Gasteiger partial charge in [-0.05, 0) is 42.5 Å². The average molecular weight is 311 g/mol. The Morgan fingerprint density at radius 2 is 1.78 bits per heavy atom. The normalized spacial score (nSPS) is 16.2. The van der Waals surface area contributed by atoms with Gasteiger partial charge in [-0.1, -0.05) is 55.3 Å². The van der Waals surface area contributed by atoms with Crippen LogP contribution < -0.4 is 5.32 Å². The van der Waals surface area contributed by atoms with Crippen LogP contribution in [-0.2, 0) is 16.6 Å². The van der Waals surface area contributed by atoms with E-state index < -0.39 is 5.41 Å².